The third-order valence-corrected chi connectivity index (χ3v) is 1.99. The molecule has 0 aromatic heterocycles. The zero-order valence-electron chi connectivity index (χ0n) is 10.1. The Labute approximate surface area is 96.8 Å². The smallest absolute Gasteiger partial charge is 0.348 e. The van der Waals surface area contributed by atoms with Gasteiger partial charge in [0.25, 0.3) is 0 Å². The minimum atomic E-state index is -0.575. The number of ether oxygens (including phenoxy) is 1. The van der Waals surface area contributed by atoms with Gasteiger partial charge in [-0.1, -0.05) is 0 Å². The molecule has 0 aliphatic rings. The summed E-state index contributed by atoms with van der Waals surface area (Å²) in [6.07, 6.45) is 5.00. The van der Waals surface area contributed by atoms with E-state index in [2.05, 4.69) is 4.90 Å². The molecule has 0 heterocycles. The van der Waals surface area contributed by atoms with Crippen molar-refractivity contribution in [2.24, 2.45) is 0 Å². The Morgan fingerprint density at radius 3 is 2.44 bits per heavy atom. The molecule has 0 N–H and O–H groups in total. The molecule has 0 atom stereocenters. The van der Waals surface area contributed by atoms with Crippen LogP contribution in [0.4, 0.5) is 0 Å². The van der Waals surface area contributed by atoms with Gasteiger partial charge in [0, 0.05) is 13.1 Å². The van der Waals surface area contributed by atoms with Gasteiger partial charge in [0.1, 0.15) is 11.6 Å². The van der Waals surface area contributed by atoms with Crippen LogP contribution >= 0.6 is 0 Å². The average Bonchev–Trinajstić information content (AvgIpc) is 2.30. The molecule has 4 nitrogen and oxygen atoms in total. The highest BCUT2D eigenvalue weighted by Crippen LogP contribution is 1.98. The zero-order chi connectivity index (χ0) is 12.4. The van der Waals surface area contributed by atoms with Gasteiger partial charge in [0.15, 0.2) is 0 Å². The Balaban J connectivity index is 4.49. The Hall–Kier alpha value is -1.76. The SMILES string of the molecule is CCOC(=O)/C(C#N)=C\C=C\N(CC)CC. The lowest BCUT2D eigenvalue weighted by Gasteiger charge is -2.13. The predicted octanol–water partition coefficient (Wildman–Crippen LogP) is 1.85. The number of hydrogen-bond acceptors (Lipinski definition) is 4. The molecule has 16 heavy (non-hydrogen) atoms. The maximum atomic E-state index is 11.2. The number of carbonyl (C=O) groups excluding carboxylic acids is 1. The van der Waals surface area contributed by atoms with Crippen molar-refractivity contribution in [2.45, 2.75) is 20.8 Å². The molecule has 0 aromatic carbocycles. The van der Waals surface area contributed by atoms with E-state index in [9.17, 15) is 4.79 Å². The molecule has 0 aliphatic carbocycles. The largest absolute Gasteiger partial charge is 0.462 e. The van der Waals surface area contributed by atoms with Crippen LogP contribution in [0.25, 0.3) is 0 Å². The molecule has 0 saturated carbocycles. The first-order valence-corrected chi connectivity index (χ1v) is 5.39. The molecule has 0 saturated heterocycles. The first-order chi connectivity index (χ1) is 7.69. The summed E-state index contributed by atoms with van der Waals surface area (Å²) in [5.74, 6) is -0.575. The molecule has 0 aliphatic heterocycles. The van der Waals surface area contributed by atoms with E-state index < -0.39 is 5.97 Å². The van der Waals surface area contributed by atoms with E-state index in [4.69, 9.17) is 10.00 Å². The monoisotopic (exact) mass is 222 g/mol. The molecule has 0 unspecified atom stereocenters. The number of carbonyl (C=O) groups is 1. The molecule has 0 fully saturated rings. The second kappa shape index (κ2) is 8.54. The second-order valence-corrected chi connectivity index (χ2v) is 2.98. The molecule has 0 rings (SSSR count). The number of nitrogens with zero attached hydrogens (tertiary/aromatic N) is 2. The van der Waals surface area contributed by atoms with Crippen LogP contribution in [0.5, 0.6) is 0 Å². The van der Waals surface area contributed by atoms with Crippen LogP contribution in [0.2, 0.25) is 0 Å². The molecule has 0 spiro atoms. The van der Waals surface area contributed by atoms with E-state index in [1.54, 1.807) is 13.0 Å². The van der Waals surface area contributed by atoms with Crippen LogP contribution in [0.1, 0.15) is 20.8 Å². The van der Waals surface area contributed by atoms with Gasteiger partial charge in [-0.3, -0.25) is 0 Å². The predicted molar refractivity (Wildman–Crippen MR) is 62.4 cm³/mol. The lowest BCUT2D eigenvalue weighted by atomic mass is 10.3. The summed E-state index contributed by atoms with van der Waals surface area (Å²) in [4.78, 5) is 13.3. The van der Waals surface area contributed by atoms with E-state index in [1.807, 2.05) is 26.1 Å². The molecule has 88 valence electrons. The molecular weight excluding hydrogens is 204 g/mol. The summed E-state index contributed by atoms with van der Waals surface area (Å²) in [7, 11) is 0. The Bertz CT molecular complexity index is 309. The van der Waals surface area contributed by atoms with Crippen LogP contribution in [0.15, 0.2) is 23.9 Å². The molecule has 0 bridgehead atoms. The minimum Gasteiger partial charge on any atom is -0.462 e. The van der Waals surface area contributed by atoms with Crippen molar-refractivity contribution < 1.29 is 9.53 Å². The highest BCUT2D eigenvalue weighted by molar-refractivity contribution is 5.93. The van der Waals surface area contributed by atoms with Crippen molar-refractivity contribution in [3.8, 4) is 6.07 Å². The fraction of sp³-hybridized carbons (Fsp3) is 0.500. The van der Waals surface area contributed by atoms with Crippen LogP contribution in [-0.2, 0) is 9.53 Å². The van der Waals surface area contributed by atoms with E-state index >= 15 is 0 Å². The van der Waals surface area contributed by atoms with Crippen LogP contribution in [0.3, 0.4) is 0 Å². The van der Waals surface area contributed by atoms with Gasteiger partial charge in [-0.05, 0) is 39.1 Å². The maximum absolute atomic E-state index is 11.2. The van der Waals surface area contributed by atoms with Gasteiger partial charge in [-0.2, -0.15) is 5.26 Å². The molecular formula is C12H18N2O2. The summed E-state index contributed by atoms with van der Waals surface area (Å²) in [5, 5.41) is 8.74. The van der Waals surface area contributed by atoms with Gasteiger partial charge >= 0.3 is 5.97 Å². The van der Waals surface area contributed by atoms with E-state index in [1.165, 1.54) is 6.08 Å². The van der Waals surface area contributed by atoms with Crippen molar-refractivity contribution in [3.63, 3.8) is 0 Å². The average molecular weight is 222 g/mol. The second-order valence-electron chi connectivity index (χ2n) is 2.98. The van der Waals surface area contributed by atoms with Gasteiger partial charge in [-0.15, -0.1) is 0 Å². The number of rotatable bonds is 6. The lowest BCUT2D eigenvalue weighted by Crippen LogP contribution is -2.15. The van der Waals surface area contributed by atoms with Gasteiger partial charge in [0.05, 0.1) is 6.61 Å². The Morgan fingerprint density at radius 1 is 1.38 bits per heavy atom. The van der Waals surface area contributed by atoms with Crippen molar-refractivity contribution in [3.05, 3.63) is 23.9 Å². The zero-order valence-corrected chi connectivity index (χ0v) is 10.1. The standard InChI is InChI=1S/C12H18N2O2/c1-4-14(5-2)9-7-8-11(10-13)12(15)16-6-3/h7-9H,4-6H2,1-3H3/b9-7+,11-8-. The van der Waals surface area contributed by atoms with E-state index in [-0.39, 0.29) is 12.2 Å². The maximum Gasteiger partial charge on any atom is 0.348 e. The van der Waals surface area contributed by atoms with Crippen LogP contribution in [0, 0.1) is 11.3 Å². The highest BCUT2D eigenvalue weighted by Gasteiger charge is 2.07. The number of esters is 1. The summed E-state index contributed by atoms with van der Waals surface area (Å²) < 4.78 is 4.73. The fourth-order valence-corrected chi connectivity index (χ4v) is 1.06. The van der Waals surface area contributed by atoms with E-state index in [0.29, 0.717) is 0 Å². The quantitative estimate of drug-likeness (QED) is 0.298. The number of hydrogen-bond donors (Lipinski definition) is 0. The van der Waals surface area contributed by atoms with Gasteiger partial charge in [0.2, 0.25) is 0 Å². The summed E-state index contributed by atoms with van der Waals surface area (Å²) in [6.45, 7) is 7.84. The van der Waals surface area contributed by atoms with Gasteiger partial charge in [-0.25, -0.2) is 4.79 Å². The number of nitriles is 1. The third-order valence-electron chi connectivity index (χ3n) is 1.99. The molecule has 0 aromatic rings. The molecule has 0 radical (unpaired) electrons. The summed E-state index contributed by atoms with van der Waals surface area (Å²) >= 11 is 0. The number of allylic oxidation sites excluding steroid dienone is 2. The topological polar surface area (TPSA) is 53.3 Å². The minimum absolute atomic E-state index is 0.0188. The van der Waals surface area contributed by atoms with Crippen LogP contribution in [-0.4, -0.2) is 30.6 Å². The highest BCUT2D eigenvalue weighted by atomic mass is 16.5. The van der Waals surface area contributed by atoms with Crippen molar-refractivity contribution >= 4 is 5.97 Å². The first kappa shape index (κ1) is 14.2. The van der Waals surface area contributed by atoms with Gasteiger partial charge < -0.3 is 9.64 Å². The van der Waals surface area contributed by atoms with Crippen LogP contribution < -0.4 is 0 Å². The van der Waals surface area contributed by atoms with Crippen molar-refractivity contribution in [1.82, 2.24) is 4.90 Å². The fourth-order valence-electron chi connectivity index (χ4n) is 1.06. The summed E-state index contributed by atoms with van der Waals surface area (Å²) in [5.41, 5.74) is 0.0188. The Kier molecular flexibility index (Phi) is 7.60. The molecule has 4 heteroatoms. The lowest BCUT2D eigenvalue weighted by molar-refractivity contribution is -0.138. The van der Waals surface area contributed by atoms with Crippen molar-refractivity contribution in [2.75, 3.05) is 19.7 Å². The van der Waals surface area contributed by atoms with E-state index in [0.717, 1.165) is 13.1 Å². The third kappa shape index (κ3) is 5.20. The summed E-state index contributed by atoms with van der Waals surface area (Å²) in [6, 6.07) is 1.81. The molecule has 0 amide bonds. The van der Waals surface area contributed by atoms with Crippen molar-refractivity contribution in [1.29, 1.82) is 5.26 Å². The normalized spacial score (nSPS) is 11.2. The Morgan fingerprint density at radius 2 is 2.00 bits per heavy atom. The first-order valence-electron chi connectivity index (χ1n) is 5.39.